The van der Waals surface area contributed by atoms with Gasteiger partial charge in [0, 0.05) is 0 Å². The van der Waals surface area contributed by atoms with Gasteiger partial charge >= 0.3 is 5.97 Å². The quantitative estimate of drug-likeness (QED) is 0.595. The van der Waals surface area contributed by atoms with Crippen LogP contribution >= 0.6 is 15.9 Å². The number of carbonyl (C=O) groups is 1. The van der Waals surface area contributed by atoms with Crippen molar-refractivity contribution >= 4 is 21.9 Å². The average Bonchev–Trinajstić information content (AvgIpc) is 2.70. The number of carbonyl (C=O) groups excluding carboxylic acids is 1. The molecule has 0 saturated heterocycles. The number of benzene rings is 2. The van der Waals surface area contributed by atoms with Gasteiger partial charge in [0.15, 0.2) is 4.32 Å². The summed E-state index contributed by atoms with van der Waals surface area (Å²) in [7, 11) is 1.41. The fourth-order valence-electron chi connectivity index (χ4n) is 2.54. The first kappa shape index (κ1) is 11.5. The van der Waals surface area contributed by atoms with Crippen molar-refractivity contribution in [2.45, 2.75) is 4.32 Å². The molecule has 3 rings (SSSR count). The predicted octanol–water partition coefficient (Wildman–Crippen LogP) is 3.48. The lowest BCUT2D eigenvalue weighted by Crippen LogP contribution is -2.29. The van der Waals surface area contributed by atoms with Crippen molar-refractivity contribution in [2.24, 2.45) is 0 Å². The number of esters is 1. The highest BCUT2D eigenvalue weighted by molar-refractivity contribution is 9.10. The standard InChI is InChI=1S/C15H11BrO2/c1-18-14(17)15(16)12-8-4-2-6-10(12)11-7-3-5-9-13(11)15/h2-9H,1H3. The molecule has 0 unspecified atom stereocenters. The molecular formula is C15H11BrO2. The Labute approximate surface area is 114 Å². The van der Waals surface area contributed by atoms with Gasteiger partial charge in [0.25, 0.3) is 0 Å². The van der Waals surface area contributed by atoms with Gasteiger partial charge in [0.2, 0.25) is 0 Å². The van der Waals surface area contributed by atoms with E-state index in [0.29, 0.717) is 0 Å². The highest BCUT2D eigenvalue weighted by Crippen LogP contribution is 2.52. The molecule has 2 nitrogen and oxygen atoms in total. The van der Waals surface area contributed by atoms with Crippen molar-refractivity contribution in [2.75, 3.05) is 7.11 Å². The molecule has 1 aliphatic carbocycles. The van der Waals surface area contributed by atoms with Crippen LogP contribution < -0.4 is 0 Å². The molecule has 0 amide bonds. The van der Waals surface area contributed by atoms with Crippen LogP contribution in [-0.2, 0) is 13.9 Å². The number of fused-ring (bicyclic) bond motifs is 3. The van der Waals surface area contributed by atoms with Gasteiger partial charge in [-0.2, -0.15) is 0 Å². The molecular weight excluding hydrogens is 292 g/mol. The van der Waals surface area contributed by atoms with E-state index >= 15 is 0 Å². The largest absolute Gasteiger partial charge is 0.467 e. The number of ether oxygens (including phenoxy) is 1. The molecule has 0 fully saturated rings. The van der Waals surface area contributed by atoms with Crippen molar-refractivity contribution in [1.82, 2.24) is 0 Å². The van der Waals surface area contributed by atoms with E-state index in [-0.39, 0.29) is 5.97 Å². The Morgan fingerprint density at radius 3 is 1.89 bits per heavy atom. The molecule has 0 spiro atoms. The number of halogens is 1. The number of alkyl halides is 1. The lowest BCUT2D eigenvalue weighted by Gasteiger charge is -2.21. The summed E-state index contributed by atoms with van der Waals surface area (Å²) in [6, 6.07) is 15.8. The lowest BCUT2D eigenvalue weighted by molar-refractivity contribution is -0.142. The first-order valence-corrected chi connectivity index (χ1v) is 6.45. The van der Waals surface area contributed by atoms with E-state index < -0.39 is 4.32 Å². The Bertz CT molecular complexity index is 588. The Morgan fingerprint density at radius 2 is 1.44 bits per heavy atom. The maximum atomic E-state index is 12.2. The zero-order valence-electron chi connectivity index (χ0n) is 9.81. The molecule has 0 bridgehead atoms. The molecule has 1 aliphatic rings. The van der Waals surface area contributed by atoms with E-state index in [0.717, 1.165) is 22.3 Å². The maximum Gasteiger partial charge on any atom is 0.331 e. The lowest BCUT2D eigenvalue weighted by atomic mass is 9.97. The van der Waals surface area contributed by atoms with Gasteiger partial charge in [-0.05, 0) is 22.3 Å². The maximum absolute atomic E-state index is 12.2. The molecule has 3 heteroatoms. The fourth-order valence-corrected chi connectivity index (χ4v) is 3.40. The zero-order valence-corrected chi connectivity index (χ0v) is 11.4. The van der Waals surface area contributed by atoms with Crippen molar-refractivity contribution < 1.29 is 9.53 Å². The fraction of sp³-hybridized carbons (Fsp3) is 0.133. The molecule has 2 aromatic rings. The van der Waals surface area contributed by atoms with Crippen LogP contribution in [0.2, 0.25) is 0 Å². The highest BCUT2D eigenvalue weighted by Gasteiger charge is 2.48. The number of hydrogen-bond acceptors (Lipinski definition) is 2. The van der Waals surface area contributed by atoms with E-state index in [1.165, 1.54) is 7.11 Å². The van der Waals surface area contributed by atoms with Gasteiger partial charge in [-0.25, -0.2) is 4.79 Å². The average molecular weight is 303 g/mol. The molecule has 18 heavy (non-hydrogen) atoms. The van der Waals surface area contributed by atoms with Crippen molar-refractivity contribution in [3.8, 4) is 11.1 Å². The monoisotopic (exact) mass is 302 g/mol. The highest BCUT2D eigenvalue weighted by atomic mass is 79.9. The second kappa shape index (κ2) is 3.95. The normalized spacial score (nSPS) is 14.8. The minimum Gasteiger partial charge on any atom is -0.467 e. The van der Waals surface area contributed by atoms with Gasteiger partial charge in [-0.15, -0.1) is 0 Å². The van der Waals surface area contributed by atoms with Crippen LogP contribution in [0.15, 0.2) is 48.5 Å². The SMILES string of the molecule is COC(=O)C1(Br)c2ccccc2-c2ccccc21. The summed E-state index contributed by atoms with van der Waals surface area (Å²) in [5.41, 5.74) is 4.04. The Hall–Kier alpha value is -1.61. The summed E-state index contributed by atoms with van der Waals surface area (Å²) in [5.74, 6) is -0.292. The molecule has 0 radical (unpaired) electrons. The smallest absolute Gasteiger partial charge is 0.331 e. The van der Waals surface area contributed by atoms with Gasteiger partial charge in [-0.3, -0.25) is 0 Å². The third kappa shape index (κ3) is 1.31. The minimum absolute atomic E-state index is 0.292. The summed E-state index contributed by atoms with van der Waals surface area (Å²) in [4.78, 5) is 12.2. The topological polar surface area (TPSA) is 26.3 Å². The van der Waals surface area contributed by atoms with E-state index in [2.05, 4.69) is 15.9 Å². The van der Waals surface area contributed by atoms with Crippen LogP contribution in [0, 0.1) is 0 Å². The predicted molar refractivity (Wildman–Crippen MR) is 73.6 cm³/mol. The van der Waals surface area contributed by atoms with E-state index in [4.69, 9.17) is 4.74 Å². The number of hydrogen-bond donors (Lipinski definition) is 0. The summed E-state index contributed by atoms with van der Waals surface area (Å²) >= 11 is 3.59. The van der Waals surface area contributed by atoms with E-state index in [9.17, 15) is 4.79 Å². The third-order valence-electron chi connectivity index (χ3n) is 3.35. The summed E-state index contributed by atoms with van der Waals surface area (Å²) in [6.07, 6.45) is 0. The van der Waals surface area contributed by atoms with Gasteiger partial charge in [-0.1, -0.05) is 64.5 Å². The molecule has 90 valence electrons. The first-order chi connectivity index (χ1) is 8.69. The first-order valence-electron chi connectivity index (χ1n) is 5.66. The molecule has 0 saturated carbocycles. The van der Waals surface area contributed by atoms with Crippen LogP contribution in [-0.4, -0.2) is 13.1 Å². The number of rotatable bonds is 1. The molecule has 2 aromatic carbocycles. The van der Waals surface area contributed by atoms with Crippen molar-refractivity contribution in [1.29, 1.82) is 0 Å². The third-order valence-corrected chi connectivity index (χ3v) is 4.53. The van der Waals surface area contributed by atoms with Crippen LogP contribution in [0.4, 0.5) is 0 Å². The Morgan fingerprint density at radius 1 is 1.00 bits per heavy atom. The van der Waals surface area contributed by atoms with Crippen molar-refractivity contribution in [3.05, 3.63) is 59.7 Å². The molecule has 0 aliphatic heterocycles. The summed E-state index contributed by atoms with van der Waals surface area (Å²) in [5, 5.41) is 0. The van der Waals surface area contributed by atoms with E-state index in [1.807, 2.05) is 48.5 Å². The van der Waals surface area contributed by atoms with E-state index in [1.54, 1.807) is 0 Å². The Balaban J connectivity index is 2.37. The molecule has 0 heterocycles. The Kier molecular flexibility index (Phi) is 2.52. The van der Waals surface area contributed by atoms with Crippen LogP contribution in [0.5, 0.6) is 0 Å². The zero-order chi connectivity index (χ0) is 12.8. The molecule has 0 N–H and O–H groups in total. The van der Waals surface area contributed by atoms with Crippen LogP contribution in [0.25, 0.3) is 11.1 Å². The number of methoxy groups -OCH3 is 1. The van der Waals surface area contributed by atoms with Crippen molar-refractivity contribution in [3.63, 3.8) is 0 Å². The van der Waals surface area contributed by atoms with Gasteiger partial charge < -0.3 is 4.74 Å². The summed E-state index contributed by atoms with van der Waals surface area (Å²) in [6.45, 7) is 0. The van der Waals surface area contributed by atoms with Gasteiger partial charge in [0.1, 0.15) is 0 Å². The van der Waals surface area contributed by atoms with Crippen LogP contribution in [0.3, 0.4) is 0 Å². The summed E-state index contributed by atoms with van der Waals surface area (Å²) < 4.78 is 4.09. The van der Waals surface area contributed by atoms with Gasteiger partial charge in [0.05, 0.1) is 7.11 Å². The second-order valence-corrected chi connectivity index (χ2v) is 5.43. The molecule has 0 atom stereocenters. The van der Waals surface area contributed by atoms with Crippen LogP contribution in [0.1, 0.15) is 11.1 Å². The minimum atomic E-state index is -0.880. The molecule has 0 aromatic heterocycles. The second-order valence-electron chi connectivity index (χ2n) is 4.24.